The van der Waals surface area contributed by atoms with E-state index >= 15 is 0 Å². The number of aryl methyl sites for hydroxylation is 1. The molecule has 0 radical (unpaired) electrons. The van der Waals surface area contributed by atoms with Crippen molar-refractivity contribution in [3.63, 3.8) is 0 Å². The summed E-state index contributed by atoms with van der Waals surface area (Å²) in [6, 6.07) is 3.34. The number of hydrogen-bond acceptors (Lipinski definition) is 3. The van der Waals surface area contributed by atoms with Crippen molar-refractivity contribution in [2.45, 2.75) is 38.1 Å². The molecule has 1 saturated carbocycles. The van der Waals surface area contributed by atoms with Gasteiger partial charge in [0.1, 0.15) is 5.54 Å². The van der Waals surface area contributed by atoms with Crippen LogP contribution in [0.5, 0.6) is 0 Å². The maximum atomic E-state index is 12.6. The Balaban J connectivity index is 1.78. The van der Waals surface area contributed by atoms with Crippen LogP contribution in [0.15, 0.2) is 23.4 Å². The third-order valence-electron chi connectivity index (χ3n) is 4.56. The highest BCUT2D eigenvalue weighted by Crippen LogP contribution is 2.36. The van der Waals surface area contributed by atoms with Crippen LogP contribution in [0, 0.1) is 5.92 Å². The predicted molar refractivity (Wildman–Crippen MR) is 78.7 cm³/mol. The summed E-state index contributed by atoms with van der Waals surface area (Å²) in [5, 5.41) is 7.91. The van der Waals surface area contributed by atoms with Gasteiger partial charge in [0.25, 0.3) is 5.91 Å². The number of hydrogen-bond donors (Lipinski definition) is 1. The van der Waals surface area contributed by atoms with Gasteiger partial charge in [-0.2, -0.15) is 5.10 Å². The molecule has 1 N–H and O–H groups in total. The highest BCUT2D eigenvalue weighted by atomic mass is 16.2. The topological polar surface area (TPSA) is 66.7 Å². The van der Waals surface area contributed by atoms with Gasteiger partial charge in [-0.25, -0.2) is 4.79 Å². The average molecular weight is 288 g/mol. The van der Waals surface area contributed by atoms with Crippen molar-refractivity contribution in [1.82, 2.24) is 14.9 Å². The number of imide groups is 1. The molecule has 0 bridgehead atoms. The first-order chi connectivity index (χ1) is 10.0. The van der Waals surface area contributed by atoms with E-state index in [0.717, 1.165) is 23.5 Å². The molecule has 6 nitrogen and oxygen atoms in total. The van der Waals surface area contributed by atoms with Gasteiger partial charge in [0.15, 0.2) is 0 Å². The molecule has 1 aromatic heterocycles. The molecule has 2 aliphatic rings. The zero-order valence-corrected chi connectivity index (χ0v) is 12.4. The zero-order chi connectivity index (χ0) is 15.0. The molecule has 0 atom stereocenters. The van der Waals surface area contributed by atoms with Gasteiger partial charge in [0, 0.05) is 13.2 Å². The van der Waals surface area contributed by atoms with E-state index in [1.54, 1.807) is 6.21 Å². The fourth-order valence-electron chi connectivity index (χ4n) is 3.03. The van der Waals surface area contributed by atoms with Crippen LogP contribution in [0.4, 0.5) is 4.79 Å². The molecule has 3 amide bonds. The summed E-state index contributed by atoms with van der Waals surface area (Å²) in [7, 11) is 1.89. The van der Waals surface area contributed by atoms with Crippen molar-refractivity contribution in [2.24, 2.45) is 18.1 Å². The molecule has 0 aromatic carbocycles. The van der Waals surface area contributed by atoms with E-state index in [0.29, 0.717) is 18.8 Å². The van der Waals surface area contributed by atoms with Gasteiger partial charge < -0.3 is 9.88 Å². The minimum Gasteiger partial charge on any atom is -0.350 e. The molecule has 0 unspecified atom stereocenters. The molecule has 1 aliphatic carbocycles. The Morgan fingerprint density at radius 3 is 2.71 bits per heavy atom. The van der Waals surface area contributed by atoms with Crippen molar-refractivity contribution in [3.8, 4) is 0 Å². The molecular weight excluding hydrogens is 268 g/mol. The average Bonchev–Trinajstić information content (AvgIpc) is 2.96. The van der Waals surface area contributed by atoms with Crippen LogP contribution >= 0.6 is 0 Å². The fourth-order valence-corrected chi connectivity index (χ4v) is 3.03. The Bertz CT molecular complexity index is 597. The Morgan fingerprint density at radius 2 is 2.10 bits per heavy atom. The normalized spacial score (nSPS) is 29.6. The monoisotopic (exact) mass is 288 g/mol. The molecule has 2 fully saturated rings. The Kier molecular flexibility index (Phi) is 3.31. The second-order valence-corrected chi connectivity index (χ2v) is 6.10. The van der Waals surface area contributed by atoms with E-state index in [-0.39, 0.29) is 5.91 Å². The number of urea groups is 1. The minimum absolute atomic E-state index is 0.218. The van der Waals surface area contributed by atoms with E-state index < -0.39 is 11.6 Å². The van der Waals surface area contributed by atoms with Crippen molar-refractivity contribution < 1.29 is 9.59 Å². The van der Waals surface area contributed by atoms with Crippen molar-refractivity contribution >= 4 is 18.2 Å². The van der Waals surface area contributed by atoms with Crippen LogP contribution in [0.3, 0.4) is 0 Å². The smallest absolute Gasteiger partial charge is 0.346 e. The summed E-state index contributed by atoms with van der Waals surface area (Å²) in [5.41, 5.74) is 0.114. The number of carbonyl (C=O) groups excluding carboxylic acids is 2. The highest BCUT2D eigenvalue weighted by molar-refractivity contribution is 6.07. The Morgan fingerprint density at radius 1 is 1.38 bits per heavy atom. The van der Waals surface area contributed by atoms with E-state index in [9.17, 15) is 9.59 Å². The van der Waals surface area contributed by atoms with Crippen LogP contribution in [0.25, 0.3) is 0 Å². The summed E-state index contributed by atoms with van der Waals surface area (Å²) in [5.74, 6) is 0.395. The highest BCUT2D eigenvalue weighted by Gasteiger charge is 2.52. The number of aromatic nitrogens is 1. The number of amides is 3. The molecule has 3 rings (SSSR count). The molecular formula is C15H20N4O2. The van der Waals surface area contributed by atoms with Gasteiger partial charge in [-0.05, 0) is 43.7 Å². The number of nitrogens with zero attached hydrogens (tertiary/aromatic N) is 3. The molecule has 112 valence electrons. The summed E-state index contributed by atoms with van der Waals surface area (Å²) in [4.78, 5) is 24.6. The van der Waals surface area contributed by atoms with Crippen molar-refractivity contribution in [3.05, 3.63) is 24.0 Å². The summed E-state index contributed by atoms with van der Waals surface area (Å²) in [6.45, 7) is 2.18. The fraction of sp³-hybridized carbons (Fsp3) is 0.533. The van der Waals surface area contributed by atoms with Gasteiger partial charge in [-0.1, -0.05) is 6.92 Å². The number of carbonyl (C=O) groups is 2. The first-order valence-electron chi connectivity index (χ1n) is 7.34. The van der Waals surface area contributed by atoms with Gasteiger partial charge in [-0.3, -0.25) is 4.79 Å². The first kappa shape index (κ1) is 13.9. The molecule has 6 heteroatoms. The van der Waals surface area contributed by atoms with Crippen LogP contribution in [0.1, 0.15) is 38.3 Å². The third-order valence-corrected chi connectivity index (χ3v) is 4.56. The first-order valence-corrected chi connectivity index (χ1v) is 7.34. The van der Waals surface area contributed by atoms with Gasteiger partial charge >= 0.3 is 6.03 Å². The van der Waals surface area contributed by atoms with Gasteiger partial charge in [0.05, 0.1) is 11.9 Å². The van der Waals surface area contributed by atoms with Gasteiger partial charge in [-0.15, -0.1) is 5.01 Å². The molecule has 1 aromatic rings. The van der Waals surface area contributed by atoms with E-state index in [1.165, 1.54) is 0 Å². The van der Waals surface area contributed by atoms with Crippen LogP contribution in [-0.4, -0.2) is 33.3 Å². The second kappa shape index (κ2) is 5.02. The lowest BCUT2D eigenvalue weighted by Gasteiger charge is -2.33. The number of rotatable bonds is 2. The minimum atomic E-state index is -0.727. The largest absolute Gasteiger partial charge is 0.350 e. The second-order valence-electron chi connectivity index (χ2n) is 6.10. The predicted octanol–water partition coefficient (Wildman–Crippen LogP) is 1.86. The quantitative estimate of drug-likeness (QED) is 0.666. The van der Waals surface area contributed by atoms with Crippen LogP contribution in [-0.2, 0) is 11.8 Å². The molecule has 1 spiro atoms. The lowest BCUT2D eigenvalue weighted by atomic mass is 9.77. The Hall–Kier alpha value is -2.11. The van der Waals surface area contributed by atoms with Crippen molar-refractivity contribution in [2.75, 3.05) is 0 Å². The Labute approximate surface area is 123 Å². The molecule has 21 heavy (non-hydrogen) atoms. The SMILES string of the molecule is CC1CCC2(CC1)NC(=O)N(/N=C/c1cccn1C)C2=O. The molecule has 1 saturated heterocycles. The van der Waals surface area contributed by atoms with Crippen LogP contribution in [0.2, 0.25) is 0 Å². The standard InChI is InChI=1S/C15H20N4O2/c1-11-5-7-15(8-6-11)13(20)19(14(21)17-15)16-10-12-4-3-9-18(12)2/h3-4,9-11H,5-8H2,1-2H3,(H,17,21)/b16-10+. The third kappa shape index (κ3) is 2.34. The summed E-state index contributed by atoms with van der Waals surface area (Å²) < 4.78 is 1.88. The molecule has 1 aliphatic heterocycles. The van der Waals surface area contributed by atoms with Gasteiger partial charge in [0.2, 0.25) is 0 Å². The zero-order valence-electron chi connectivity index (χ0n) is 12.4. The van der Waals surface area contributed by atoms with Crippen LogP contribution < -0.4 is 5.32 Å². The van der Waals surface area contributed by atoms with E-state index in [4.69, 9.17) is 0 Å². The number of hydrazone groups is 1. The lowest BCUT2D eigenvalue weighted by molar-refractivity contribution is -0.132. The maximum Gasteiger partial charge on any atom is 0.346 e. The lowest BCUT2D eigenvalue weighted by Crippen LogP contribution is -2.49. The maximum absolute atomic E-state index is 12.6. The molecule has 2 heterocycles. The summed E-state index contributed by atoms with van der Waals surface area (Å²) in [6.07, 6.45) is 6.76. The van der Waals surface area contributed by atoms with Crippen molar-refractivity contribution in [1.29, 1.82) is 0 Å². The van der Waals surface area contributed by atoms with E-state index in [1.807, 2.05) is 29.9 Å². The van der Waals surface area contributed by atoms with E-state index in [2.05, 4.69) is 17.3 Å². The number of nitrogens with one attached hydrogen (secondary N) is 1. The summed E-state index contributed by atoms with van der Waals surface area (Å²) >= 11 is 0.